The van der Waals surface area contributed by atoms with Crippen molar-refractivity contribution in [1.29, 1.82) is 0 Å². The zero-order valence-electron chi connectivity index (χ0n) is 8.87. The second-order valence-corrected chi connectivity index (χ2v) is 3.25. The summed E-state index contributed by atoms with van der Waals surface area (Å²) in [7, 11) is 0. The number of carboxylic acids is 1. The number of nitrogens with zero attached hydrogens (tertiary/aromatic N) is 1. The van der Waals surface area contributed by atoms with Crippen LogP contribution < -0.4 is 0 Å². The van der Waals surface area contributed by atoms with Crippen LogP contribution >= 0.6 is 0 Å². The minimum Gasteiger partial charge on any atom is -0.478 e. The normalized spacial score (nSPS) is 10.6. The van der Waals surface area contributed by atoms with E-state index in [9.17, 15) is 14.9 Å². The van der Waals surface area contributed by atoms with E-state index in [4.69, 9.17) is 10.2 Å². The highest BCUT2D eigenvalue weighted by atomic mass is 16.6. The number of carboxylic acid groups (broad SMARTS) is 1. The van der Waals surface area contributed by atoms with E-state index in [1.165, 1.54) is 18.2 Å². The standard InChI is InChI=1S/C11H11NO5/c13-6-2-1-3-8-7-9(12(16)17)4-5-10(8)11(14)15/h1,3-5,7,13H,2,6H2,(H,14,15). The first-order valence-corrected chi connectivity index (χ1v) is 4.85. The molecule has 0 heterocycles. The van der Waals surface area contributed by atoms with Crippen molar-refractivity contribution in [1.82, 2.24) is 0 Å². The van der Waals surface area contributed by atoms with E-state index in [1.54, 1.807) is 6.08 Å². The summed E-state index contributed by atoms with van der Waals surface area (Å²) in [6.07, 6.45) is 3.37. The van der Waals surface area contributed by atoms with Gasteiger partial charge in [-0.15, -0.1) is 0 Å². The lowest BCUT2D eigenvalue weighted by atomic mass is 10.1. The third kappa shape index (κ3) is 3.39. The molecular formula is C11H11NO5. The van der Waals surface area contributed by atoms with Gasteiger partial charge in [-0.3, -0.25) is 10.1 Å². The maximum absolute atomic E-state index is 10.9. The van der Waals surface area contributed by atoms with Crippen molar-refractivity contribution in [2.24, 2.45) is 0 Å². The molecule has 2 N–H and O–H groups in total. The van der Waals surface area contributed by atoms with Gasteiger partial charge < -0.3 is 10.2 Å². The van der Waals surface area contributed by atoms with Crippen LogP contribution in [0, 0.1) is 10.1 Å². The summed E-state index contributed by atoms with van der Waals surface area (Å²) < 4.78 is 0. The van der Waals surface area contributed by atoms with E-state index in [1.807, 2.05) is 0 Å². The maximum Gasteiger partial charge on any atom is 0.336 e. The van der Waals surface area contributed by atoms with E-state index >= 15 is 0 Å². The van der Waals surface area contributed by atoms with Crippen molar-refractivity contribution in [2.45, 2.75) is 6.42 Å². The lowest BCUT2D eigenvalue weighted by molar-refractivity contribution is -0.384. The Morgan fingerprint density at radius 2 is 2.18 bits per heavy atom. The van der Waals surface area contributed by atoms with Crippen LogP contribution in [0.5, 0.6) is 0 Å². The highest BCUT2D eigenvalue weighted by Gasteiger charge is 2.13. The summed E-state index contributed by atoms with van der Waals surface area (Å²) in [5.74, 6) is -1.15. The monoisotopic (exact) mass is 237 g/mol. The van der Waals surface area contributed by atoms with Crippen LogP contribution in [0.3, 0.4) is 0 Å². The molecule has 0 aliphatic rings. The van der Waals surface area contributed by atoms with E-state index in [-0.39, 0.29) is 23.4 Å². The van der Waals surface area contributed by atoms with Gasteiger partial charge in [-0.2, -0.15) is 0 Å². The van der Waals surface area contributed by atoms with Crippen LogP contribution in [-0.4, -0.2) is 27.7 Å². The van der Waals surface area contributed by atoms with Gasteiger partial charge in [-0.05, 0) is 18.1 Å². The summed E-state index contributed by atoms with van der Waals surface area (Å²) >= 11 is 0. The summed E-state index contributed by atoms with van der Waals surface area (Å²) in [4.78, 5) is 20.9. The van der Waals surface area contributed by atoms with Crippen LogP contribution in [0.2, 0.25) is 0 Å². The first kappa shape index (κ1) is 12.9. The number of nitro benzene ring substituents is 1. The number of hydrogen-bond acceptors (Lipinski definition) is 4. The van der Waals surface area contributed by atoms with Gasteiger partial charge in [0, 0.05) is 18.7 Å². The van der Waals surface area contributed by atoms with E-state index in [0.717, 1.165) is 6.07 Å². The lowest BCUT2D eigenvalue weighted by Crippen LogP contribution is -2.00. The number of rotatable bonds is 5. The molecule has 1 rings (SSSR count). The Bertz CT molecular complexity index is 467. The Kier molecular flexibility index (Phi) is 4.36. The quantitative estimate of drug-likeness (QED) is 0.599. The highest BCUT2D eigenvalue weighted by molar-refractivity contribution is 5.92. The van der Waals surface area contributed by atoms with Crippen molar-refractivity contribution in [3.8, 4) is 0 Å². The molecule has 0 unspecified atom stereocenters. The Labute approximate surface area is 97.0 Å². The predicted octanol–water partition coefficient (Wildman–Crippen LogP) is 1.69. The van der Waals surface area contributed by atoms with Gasteiger partial charge in [0.05, 0.1) is 10.5 Å². The molecule has 6 heteroatoms. The molecule has 0 aromatic heterocycles. The molecule has 0 aliphatic heterocycles. The summed E-state index contributed by atoms with van der Waals surface area (Å²) in [5, 5.41) is 28.0. The Hall–Kier alpha value is -2.21. The molecule has 0 amide bonds. The molecule has 0 aliphatic carbocycles. The molecule has 0 saturated carbocycles. The first-order chi connectivity index (χ1) is 8.06. The number of nitro groups is 1. The van der Waals surface area contributed by atoms with Gasteiger partial charge in [0.2, 0.25) is 0 Å². The average molecular weight is 237 g/mol. The number of aliphatic hydroxyl groups excluding tert-OH is 1. The maximum atomic E-state index is 10.9. The fraction of sp³-hybridized carbons (Fsp3) is 0.182. The molecule has 17 heavy (non-hydrogen) atoms. The number of aromatic carboxylic acids is 1. The molecule has 0 fully saturated rings. The van der Waals surface area contributed by atoms with Gasteiger partial charge >= 0.3 is 5.97 Å². The van der Waals surface area contributed by atoms with Crippen LogP contribution in [0.25, 0.3) is 6.08 Å². The highest BCUT2D eigenvalue weighted by Crippen LogP contribution is 2.19. The molecule has 90 valence electrons. The first-order valence-electron chi connectivity index (χ1n) is 4.85. The van der Waals surface area contributed by atoms with Crippen molar-refractivity contribution in [3.05, 3.63) is 45.5 Å². The Morgan fingerprint density at radius 3 is 2.71 bits per heavy atom. The number of non-ortho nitro benzene ring substituents is 1. The second kappa shape index (κ2) is 5.76. The molecule has 6 nitrogen and oxygen atoms in total. The van der Waals surface area contributed by atoms with Crippen LogP contribution in [0.4, 0.5) is 5.69 Å². The second-order valence-electron chi connectivity index (χ2n) is 3.25. The summed E-state index contributed by atoms with van der Waals surface area (Å²) in [6.45, 7) is -0.0617. The Balaban J connectivity index is 3.16. The van der Waals surface area contributed by atoms with Gasteiger partial charge in [0.15, 0.2) is 0 Å². The van der Waals surface area contributed by atoms with Gasteiger partial charge in [-0.25, -0.2) is 4.79 Å². The van der Waals surface area contributed by atoms with Crippen LogP contribution in [0.15, 0.2) is 24.3 Å². The van der Waals surface area contributed by atoms with Crippen molar-refractivity contribution in [2.75, 3.05) is 6.61 Å². The van der Waals surface area contributed by atoms with Crippen LogP contribution in [0.1, 0.15) is 22.3 Å². The molecule has 0 spiro atoms. The summed E-state index contributed by atoms with van der Waals surface area (Å²) in [6, 6.07) is 3.53. The van der Waals surface area contributed by atoms with E-state index in [0.29, 0.717) is 6.42 Å². The zero-order valence-corrected chi connectivity index (χ0v) is 8.87. The third-order valence-corrected chi connectivity index (χ3v) is 2.07. The summed E-state index contributed by atoms with van der Waals surface area (Å²) in [5.41, 5.74) is 0.0728. The number of carbonyl (C=O) groups is 1. The molecule has 0 radical (unpaired) electrons. The fourth-order valence-corrected chi connectivity index (χ4v) is 1.28. The topological polar surface area (TPSA) is 101 Å². The Morgan fingerprint density at radius 1 is 1.47 bits per heavy atom. The SMILES string of the molecule is O=C(O)c1ccc([N+](=O)[O-])cc1C=CCCO. The van der Waals surface area contributed by atoms with Gasteiger partial charge in [0.1, 0.15) is 0 Å². The van der Waals surface area contributed by atoms with Gasteiger partial charge in [0.25, 0.3) is 5.69 Å². The molecule has 0 atom stereocenters. The third-order valence-electron chi connectivity index (χ3n) is 2.07. The molecule has 0 bridgehead atoms. The molecule has 1 aromatic rings. The largest absolute Gasteiger partial charge is 0.478 e. The number of benzene rings is 1. The van der Waals surface area contributed by atoms with Crippen molar-refractivity contribution in [3.63, 3.8) is 0 Å². The van der Waals surface area contributed by atoms with E-state index in [2.05, 4.69) is 0 Å². The fourth-order valence-electron chi connectivity index (χ4n) is 1.28. The van der Waals surface area contributed by atoms with Crippen LogP contribution in [-0.2, 0) is 0 Å². The predicted molar refractivity (Wildman–Crippen MR) is 60.8 cm³/mol. The molecule has 0 saturated heterocycles. The smallest absolute Gasteiger partial charge is 0.336 e. The zero-order chi connectivity index (χ0) is 12.8. The van der Waals surface area contributed by atoms with Crippen molar-refractivity contribution >= 4 is 17.7 Å². The van der Waals surface area contributed by atoms with Crippen molar-refractivity contribution < 1.29 is 19.9 Å². The molecule has 1 aromatic carbocycles. The van der Waals surface area contributed by atoms with E-state index < -0.39 is 10.9 Å². The molecular weight excluding hydrogens is 226 g/mol. The minimum atomic E-state index is -1.15. The lowest BCUT2D eigenvalue weighted by Gasteiger charge is -2.01. The number of hydrogen-bond donors (Lipinski definition) is 2. The van der Waals surface area contributed by atoms with Gasteiger partial charge in [-0.1, -0.05) is 12.2 Å². The minimum absolute atomic E-state index is 0.00945. The average Bonchev–Trinajstić information content (AvgIpc) is 2.28. The number of aliphatic hydroxyl groups is 1.